The van der Waals surface area contributed by atoms with Gasteiger partial charge in [-0.3, -0.25) is 4.79 Å². The van der Waals surface area contributed by atoms with Crippen LogP contribution in [0.25, 0.3) is 0 Å². The molecule has 1 fully saturated rings. The molecule has 0 aromatic heterocycles. The van der Waals surface area contributed by atoms with E-state index in [1.807, 2.05) is 0 Å². The summed E-state index contributed by atoms with van der Waals surface area (Å²) >= 11 is 5.69. The van der Waals surface area contributed by atoms with Gasteiger partial charge in [-0.1, -0.05) is 36.9 Å². The third-order valence-electron chi connectivity index (χ3n) is 4.05. The Hall–Kier alpha value is -1.82. The fraction of sp³-hybridized carbons (Fsp3) is 0.500. The third kappa shape index (κ3) is 4.13. The van der Waals surface area contributed by atoms with Gasteiger partial charge < -0.3 is 15.4 Å². The largest absolute Gasteiger partial charge is 0.467 e. The lowest BCUT2D eigenvalue weighted by molar-refractivity contribution is -0.152. The minimum Gasteiger partial charge on any atom is -0.467 e. The van der Waals surface area contributed by atoms with Crippen LogP contribution in [0.15, 0.2) is 18.2 Å². The summed E-state index contributed by atoms with van der Waals surface area (Å²) in [7, 11) is 1.31. The van der Waals surface area contributed by atoms with Crippen LogP contribution in [-0.2, 0) is 14.3 Å². The average Bonchev–Trinajstić information content (AvgIpc) is 2.56. The number of ether oxygens (including phenoxy) is 1. The SMILES string of the molecule is COC(=O)C1(NC(=O)CNc2cccc(Cl)c2F)CCCCC1. The lowest BCUT2D eigenvalue weighted by Crippen LogP contribution is -2.57. The van der Waals surface area contributed by atoms with Crippen molar-refractivity contribution in [3.8, 4) is 0 Å². The Balaban J connectivity index is 1.99. The highest BCUT2D eigenvalue weighted by atomic mass is 35.5. The van der Waals surface area contributed by atoms with Crippen LogP contribution in [0.4, 0.5) is 10.1 Å². The maximum absolute atomic E-state index is 13.8. The van der Waals surface area contributed by atoms with Gasteiger partial charge in [0.25, 0.3) is 0 Å². The molecule has 126 valence electrons. The number of hydrogen-bond acceptors (Lipinski definition) is 4. The van der Waals surface area contributed by atoms with Crippen molar-refractivity contribution in [3.05, 3.63) is 29.0 Å². The molecule has 1 aromatic rings. The Labute approximate surface area is 139 Å². The second-order valence-electron chi connectivity index (χ2n) is 5.64. The molecule has 0 radical (unpaired) electrons. The van der Waals surface area contributed by atoms with Crippen LogP contribution >= 0.6 is 11.6 Å². The summed E-state index contributed by atoms with van der Waals surface area (Å²) in [6.07, 6.45) is 3.84. The highest BCUT2D eigenvalue weighted by molar-refractivity contribution is 6.31. The molecule has 0 spiro atoms. The van der Waals surface area contributed by atoms with Gasteiger partial charge in [-0.05, 0) is 25.0 Å². The number of benzene rings is 1. The molecule has 1 saturated carbocycles. The molecule has 2 N–H and O–H groups in total. The summed E-state index contributed by atoms with van der Waals surface area (Å²) < 4.78 is 18.6. The van der Waals surface area contributed by atoms with E-state index in [-0.39, 0.29) is 17.3 Å². The molecule has 0 atom stereocenters. The number of anilines is 1. The Morgan fingerprint density at radius 2 is 2.00 bits per heavy atom. The minimum absolute atomic E-state index is 0.0197. The second-order valence-corrected chi connectivity index (χ2v) is 6.04. The summed E-state index contributed by atoms with van der Waals surface area (Å²) in [5.74, 6) is -1.43. The van der Waals surface area contributed by atoms with Crippen LogP contribution in [0.2, 0.25) is 5.02 Å². The molecule has 0 saturated heterocycles. The zero-order valence-electron chi connectivity index (χ0n) is 13.0. The quantitative estimate of drug-likeness (QED) is 0.807. The smallest absolute Gasteiger partial charge is 0.331 e. The summed E-state index contributed by atoms with van der Waals surface area (Å²) in [4.78, 5) is 24.2. The number of nitrogens with one attached hydrogen (secondary N) is 2. The monoisotopic (exact) mass is 342 g/mol. The number of rotatable bonds is 5. The molecule has 0 bridgehead atoms. The van der Waals surface area contributed by atoms with Crippen molar-refractivity contribution < 1.29 is 18.7 Å². The number of hydrogen-bond donors (Lipinski definition) is 2. The Morgan fingerprint density at radius 1 is 1.30 bits per heavy atom. The maximum Gasteiger partial charge on any atom is 0.331 e. The number of amides is 1. The van der Waals surface area contributed by atoms with Gasteiger partial charge >= 0.3 is 5.97 Å². The van der Waals surface area contributed by atoms with Crippen molar-refractivity contribution in [2.45, 2.75) is 37.6 Å². The number of esters is 1. The van der Waals surface area contributed by atoms with Crippen LogP contribution in [0.1, 0.15) is 32.1 Å². The number of carbonyl (C=O) groups is 2. The first-order valence-electron chi connectivity index (χ1n) is 7.56. The van der Waals surface area contributed by atoms with Gasteiger partial charge in [0.05, 0.1) is 24.4 Å². The molecule has 1 aliphatic rings. The molecule has 5 nitrogen and oxygen atoms in total. The average molecular weight is 343 g/mol. The lowest BCUT2D eigenvalue weighted by atomic mass is 9.81. The first-order chi connectivity index (χ1) is 11.0. The van der Waals surface area contributed by atoms with E-state index in [0.717, 1.165) is 19.3 Å². The Kier molecular flexibility index (Phi) is 5.82. The van der Waals surface area contributed by atoms with E-state index in [0.29, 0.717) is 12.8 Å². The third-order valence-corrected chi connectivity index (χ3v) is 4.34. The van der Waals surface area contributed by atoms with Gasteiger partial charge in [0, 0.05) is 0 Å². The van der Waals surface area contributed by atoms with Crippen molar-refractivity contribution in [2.75, 3.05) is 19.0 Å². The van der Waals surface area contributed by atoms with Gasteiger partial charge in [0.2, 0.25) is 5.91 Å². The van der Waals surface area contributed by atoms with E-state index >= 15 is 0 Å². The van der Waals surface area contributed by atoms with E-state index in [9.17, 15) is 14.0 Å². The first-order valence-corrected chi connectivity index (χ1v) is 7.93. The fourth-order valence-electron chi connectivity index (χ4n) is 2.86. The first kappa shape index (κ1) is 17.5. The molecular formula is C16H20ClFN2O3. The molecule has 0 unspecified atom stereocenters. The van der Waals surface area contributed by atoms with Gasteiger partial charge in [-0.25, -0.2) is 9.18 Å². The standard InChI is InChI=1S/C16H20ClFN2O3/c1-23-15(22)16(8-3-2-4-9-16)20-13(21)10-19-12-7-5-6-11(17)14(12)18/h5-7,19H,2-4,8-10H2,1H3,(H,20,21). The van der Waals surface area contributed by atoms with Crippen LogP contribution in [0, 0.1) is 5.82 Å². The summed E-state index contributed by atoms with van der Waals surface area (Å²) in [5, 5.41) is 5.43. The van der Waals surface area contributed by atoms with Gasteiger partial charge in [-0.2, -0.15) is 0 Å². The van der Waals surface area contributed by atoms with Crippen molar-refractivity contribution in [3.63, 3.8) is 0 Å². The van der Waals surface area contributed by atoms with Gasteiger partial charge in [-0.15, -0.1) is 0 Å². The molecule has 1 aliphatic carbocycles. The van der Waals surface area contributed by atoms with Crippen molar-refractivity contribution in [2.24, 2.45) is 0 Å². The molecular weight excluding hydrogens is 323 g/mol. The molecule has 0 aliphatic heterocycles. The van der Waals surface area contributed by atoms with E-state index in [1.165, 1.54) is 19.2 Å². The summed E-state index contributed by atoms with van der Waals surface area (Å²) in [6.45, 7) is -0.157. The molecule has 23 heavy (non-hydrogen) atoms. The number of halogens is 2. The van der Waals surface area contributed by atoms with Gasteiger partial charge in [0.1, 0.15) is 5.54 Å². The molecule has 7 heteroatoms. The number of methoxy groups -OCH3 is 1. The maximum atomic E-state index is 13.8. The highest BCUT2D eigenvalue weighted by Crippen LogP contribution is 2.29. The highest BCUT2D eigenvalue weighted by Gasteiger charge is 2.41. The zero-order chi connectivity index (χ0) is 16.9. The van der Waals surface area contributed by atoms with Crippen molar-refractivity contribution >= 4 is 29.2 Å². The van der Waals surface area contributed by atoms with Crippen LogP contribution in [0.3, 0.4) is 0 Å². The molecule has 0 heterocycles. The van der Waals surface area contributed by atoms with E-state index in [4.69, 9.17) is 16.3 Å². The Bertz CT molecular complexity index is 589. The van der Waals surface area contributed by atoms with Gasteiger partial charge in [0.15, 0.2) is 5.82 Å². The Morgan fingerprint density at radius 3 is 2.65 bits per heavy atom. The van der Waals surface area contributed by atoms with E-state index in [1.54, 1.807) is 6.07 Å². The normalized spacial score (nSPS) is 16.5. The predicted octanol–water partition coefficient (Wildman–Crippen LogP) is 2.88. The minimum atomic E-state index is -0.974. The van der Waals surface area contributed by atoms with E-state index < -0.39 is 23.2 Å². The topological polar surface area (TPSA) is 67.4 Å². The van der Waals surface area contributed by atoms with Crippen molar-refractivity contribution in [1.29, 1.82) is 0 Å². The van der Waals surface area contributed by atoms with Crippen LogP contribution in [0.5, 0.6) is 0 Å². The predicted molar refractivity (Wildman–Crippen MR) is 85.9 cm³/mol. The summed E-state index contributed by atoms with van der Waals surface area (Å²) in [5.41, 5.74) is -0.832. The second kappa shape index (κ2) is 7.64. The summed E-state index contributed by atoms with van der Waals surface area (Å²) in [6, 6.07) is 4.50. The van der Waals surface area contributed by atoms with Crippen molar-refractivity contribution in [1.82, 2.24) is 5.32 Å². The zero-order valence-corrected chi connectivity index (χ0v) is 13.7. The molecule has 1 aromatic carbocycles. The molecule has 2 rings (SSSR count). The van der Waals surface area contributed by atoms with E-state index in [2.05, 4.69) is 10.6 Å². The molecule has 1 amide bonds. The number of carbonyl (C=O) groups excluding carboxylic acids is 2. The van der Waals surface area contributed by atoms with Crippen LogP contribution in [-0.4, -0.2) is 31.1 Å². The fourth-order valence-corrected chi connectivity index (χ4v) is 3.03. The lowest BCUT2D eigenvalue weighted by Gasteiger charge is -2.35. The van der Waals surface area contributed by atoms with Crippen LogP contribution < -0.4 is 10.6 Å².